The number of methoxy groups -OCH3 is 1. The molecule has 4 nitrogen and oxygen atoms in total. The molecule has 0 amide bonds. The summed E-state index contributed by atoms with van der Waals surface area (Å²) in [5, 5.41) is 5.51. The molecule has 156 valence electrons. The van der Waals surface area contributed by atoms with Gasteiger partial charge in [0.1, 0.15) is 5.82 Å². The average Bonchev–Trinajstić information content (AvgIpc) is 3.13. The molecule has 3 aromatic rings. The van der Waals surface area contributed by atoms with Gasteiger partial charge in [-0.15, -0.1) is 0 Å². The van der Waals surface area contributed by atoms with Crippen molar-refractivity contribution in [2.75, 3.05) is 7.11 Å². The molecule has 0 spiro atoms. The fraction of sp³-hybridized carbons (Fsp3) is 0.350. The van der Waals surface area contributed by atoms with Crippen LogP contribution in [0, 0.1) is 11.6 Å². The quantitative estimate of drug-likeness (QED) is 0.410. The predicted molar refractivity (Wildman–Crippen MR) is 105 cm³/mol. The van der Waals surface area contributed by atoms with Gasteiger partial charge in [0.25, 0.3) is 0 Å². The summed E-state index contributed by atoms with van der Waals surface area (Å²) in [6.45, 7) is 0. The number of hydrogen-bond donors (Lipinski definition) is 2. The Morgan fingerprint density at radius 2 is 2.03 bits per heavy atom. The number of benzene rings is 2. The number of fused-ring (bicyclic) bond motifs is 1. The van der Waals surface area contributed by atoms with Gasteiger partial charge < -0.3 is 9.72 Å². The van der Waals surface area contributed by atoms with Crippen molar-refractivity contribution < 1.29 is 22.3 Å². The van der Waals surface area contributed by atoms with Crippen molar-refractivity contribution in [3.05, 3.63) is 53.9 Å². The number of nitrogens with one attached hydrogen (secondary N) is 1. The lowest BCUT2D eigenvalue weighted by molar-refractivity contribution is -0.0416. The van der Waals surface area contributed by atoms with Crippen LogP contribution in [0.5, 0.6) is 5.75 Å². The third kappa shape index (κ3) is 5.22. The lowest BCUT2D eigenvalue weighted by Gasteiger charge is -2.27. The van der Waals surface area contributed by atoms with Crippen LogP contribution in [0.4, 0.5) is 17.6 Å². The van der Waals surface area contributed by atoms with Gasteiger partial charge in [0, 0.05) is 23.7 Å². The molecule has 1 aliphatic carbocycles. The van der Waals surface area contributed by atoms with Gasteiger partial charge >= 0.3 is 0 Å². The Morgan fingerprint density at radius 3 is 2.69 bits per heavy atom. The van der Waals surface area contributed by atoms with Gasteiger partial charge in [-0.25, -0.2) is 18.2 Å². The van der Waals surface area contributed by atoms with Crippen molar-refractivity contribution in [2.24, 2.45) is 5.14 Å². The maximum atomic E-state index is 13.5. The Morgan fingerprint density at radius 1 is 1.24 bits per heavy atom. The van der Waals surface area contributed by atoms with Crippen LogP contribution in [0.15, 0.2) is 41.3 Å². The summed E-state index contributed by atoms with van der Waals surface area (Å²) >= 11 is 1.16. The third-order valence-corrected chi connectivity index (χ3v) is 5.30. The van der Waals surface area contributed by atoms with Crippen LogP contribution in [-0.4, -0.2) is 23.0 Å². The third-order valence-electron chi connectivity index (χ3n) is 4.77. The number of aromatic amines is 1. The topological polar surface area (TPSA) is 63.9 Å². The number of alkyl halides is 2. The number of nitrogens with two attached hydrogens (primary N) is 1. The van der Waals surface area contributed by atoms with Crippen molar-refractivity contribution in [3.63, 3.8) is 0 Å². The Kier molecular flexibility index (Phi) is 6.69. The molecule has 29 heavy (non-hydrogen) atoms. The second kappa shape index (κ2) is 9.04. The van der Waals surface area contributed by atoms with Crippen molar-refractivity contribution in [1.82, 2.24) is 9.97 Å². The Labute approximate surface area is 170 Å². The summed E-state index contributed by atoms with van der Waals surface area (Å²) in [5.74, 6) is -3.96. The molecule has 1 saturated carbocycles. The summed E-state index contributed by atoms with van der Waals surface area (Å²) in [7, 11) is 1.29. The largest absolute Gasteiger partial charge is 0.494 e. The van der Waals surface area contributed by atoms with E-state index in [1.54, 1.807) is 0 Å². The fourth-order valence-electron chi connectivity index (χ4n) is 3.32. The first-order valence-electron chi connectivity index (χ1n) is 9.05. The van der Waals surface area contributed by atoms with E-state index < -0.39 is 17.6 Å². The number of rotatable bonds is 3. The molecule has 1 heterocycles. The van der Waals surface area contributed by atoms with Gasteiger partial charge in [0.05, 0.1) is 18.1 Å². The molecule has 0 bridgehead atoms. The molecule has 0 saturated heterocycles. The van der Waals surface area contributed by atoms with Crippen LogP contribution in [0.2, 0.25) is 0 Å². The lowest BCUT2D eigenvalue weighted by atomic mass is 9.86. The summed E-state index contributed by atoms with van der Waals surface area (Å²) in [5.41, 5.74) is 1.67. The fourth-order valence-corrected chi connectivity index (χ4v) is 3.65. The second-order valence-electron chi connectivity index (χ2n) is 6.82. The molecule has 3 N–H and O–H groups in total. The zero-order valence-corrected chi connectivity index (χ0v) is 16.5. The van der Waals surface area contributed by atoms with E-state index in [0.29, 0.717) is 12.2 Å². The Hall–Kier alpha value is -2.26. The van der Waals surface area contributed by atoms with E-state index in [2.05, 4.69) is 14.7 Å². The molecule has 9 heteroatoms. The summed E-state index contributed by atoms with van der Waals surface area (Å²) in [6.07, 6.45) is 1.22. The highest BCUT2D eigenvalue weighted by Gasteiger charge is 2.37. The highest BCUT2D eigenvalue weighted by molar-refractivity contribution is 7.97. The smallest absolute Gasteiger partial charge is 0.248 e. The van der Waals surface area contributed by atoms with Gasteiger partial charge in [-0.1, -0.05) is 6.07 Å². The minimum absolute atomic E-state index is 0.00229. The number of aromatic nitrogens is 2. The van der Waals surface area contributed by atoms with Crippen LogP contribution in [0.1, 0.15) is 37.4 Å². The van der Waals surface area contributed by atoms with E-state index in [-0.39, 0.29) is 24.5 Å². The zero-order chi connectivity index (χ0) is 21.0. The Bertz CT molecular complexity index is 980. The number of nitrogens with zero attached hydrogens (tertiary/aromatic N) is 1. The molecule has 1 fully saturated rings. The maximum Gasteiger partial charge on any atom is 0.248 e. The van der Waals surface area contributed by atoms with E-state index >= 15 is 0 Å². The maximum absolute atomic E-state index is 13.5. The van der Waals surface area contributed by atoms with Crippen LogP contribution >= 0.6 is 11.9 Å². The van der Waals surface area contributed by atoms with Crippen molar-refractivity contribution in [3.8, 4) is 5.75 Å². The Balaban J connectivity index is 0.000000204. The van der Waals surface area contributed by atoms with Crippen molar-refractivity contribution >= 4 is 23.0 Å². The molecule has 0 radical (unpaired) electrons. The number of halogens is 4. The van der Waals surface area contributed by atoms with Gasteiger partial charge in [-0.2, -0.15) is 4.39 Å². The number of imidazole rings is 1. The molecule has 2 aromatic carbocycles. The van der Waals surface area contributed by atoms with E-state index in [0.717, 1.165) is 40.4 Å². The predicted octanol–water partition coefficient (Wildman–Crippen LogP) is 5.80. The first kappa shape index (κ1) is 21.4. The van der Waals surface area contributed by atoms with Crippen LogP contribution in [0.3, 0.4) is 0 Å². The molecule has 1 atom stereocenters. The highest BCUT2D eigenvalue weighted by Crippen LogP contribution is 2.41. The highest BCUT2D eigenvalue weighted by atomic mass is 32.2. The van der Waals surface area contributed by atoms with Gasteiger partial charge in [-0.3, -0.25) is 5.14 Å². The summed E-state index contributed by atoms with van der Waals surface area (Å²) in [6, 6.07) is 9.43. The van der Waals surface area contributed by atoms with Gasteiger partial charge in [-0.05, 0) is 55.1 Å². The molecule has 4 rings (SSSR count). The number of hydrogen-bond acceptors (Lipinski definition) is 4. The molecule has 0 unspecified atom stereocenters. The van der Waals surface area contributed by atoms with E-state index in [4.69, 9.17) is 5.14 Å². The summed E-state index contributed by atoms with van der Waals surface area (Å²) < 4.78 is 56.2. The minimum Gasteiger partial charge on any atom is -0.494 e. The molecular weight excluding hydrogens is 406 g/mol. The first-order valence-corrected chi connectivity index (χ1v) is 9.93. The second-order valence-corrected chi connectivity index (χ2v) is 7.53. The summed E-state index contributed by atoms with van der Waals surface area (Å²) in [4.78, 5) is 8.53. The zero-order valence-electron chi connectivity index (χ0n) is 15.7. The molecule has 0 aliphatic heterocycles. The van der Waals surface area contributed by atoms with Crippen LogP contribution in [-0.2, 0) is 0 Å². The first-order chi connectivity index (χ1) is 13.8. The SMILES string of the molecule is COc1cccc(F)c1F.NSc1ccc2nc([C@H]3CCCC(F)(F)C3)[nH]c2c1. The van der Waals surface area contributed by atoms with E-state index in [9.17, 15) is 17.6 Å². The standard InChI is InChI=1S/C13H15F2N3S.C7H6F2O/c14-13(15)5-1-2-8(7-13)12-17-10-4-3-9(19-16)6-11(10)18-12;1-10-6-4-2-3-5(8)7(6)9/h3-4,6,8H,1-2,5,7,16H2,(H,17,18);2-4H,1H3/t8-;/m0./s1. The van der Waals surface area contributed by atoms with E-state index in [1.807, 2.05) is 18.2 Å². The van der Waals surface area contributed by atoms with E-state index in [1.165, 1.54) is 19.2 Å². The normalized spacial score (nSPS) is 18.2. The molecule has 1 aliphatic rings. The average molecular weight is 427 g/mol. The van der Waals surface area contributed by atoms with Crippen LogP contribution < -0.4 is 9.88 Å². The van der Waals surface area contributed by atoms with Gasteiger partial charge in [0.15, 0.2) is 11.6 Å². The van der Waals surface area contributed by atoms with Crippen molar-refractivity contribution in [1.29, 1.82) is 0 Å². The lowest BCUT2D eigenvalue weighted by Crippen LogP contribution is -2.25. The van der Waals surface area contributed by atoms with Crippen LogP contribution in [0.25, 0.3) is 11.0 Å². The monoisotopic (exact) mass is 427 g/mol. The van der Waals surface area contributed by atoms with Gasteiger partial charge in [0.2, 0.25) is 11.7 Å². The minimum atomic E-state index is -2.56. The van der Waals surface area contributed by atoms with Crippen molar-refractivity contribution in [2.45, 2.75) is 42.4 Å². The molecular formula is C20H21F4N3OS. The molecule has 1 aromatic heterocycles. The number of H-pyrrole nitrogens is 1. The number of ether oxygens (including phenoxy) is 1.